The number of hydrogen-bond donors (Lipinski definition) is 1. The van der Waals surface area contributed by atoms with Gasteiger partial charge in [0.25, 0.3) is 0 Å². The molecule has 4 heteroatoms. The van der Waals surface area contributed by atoms with E-state index in [9.17, 15) is 0 Å². The van der Waals surface area contributed by atoms with Crippen LogP contribution in [0.4, 0.5) is 0 Å². The molecule has 0 amide bonds. The number of hydrogen-bond acceptors (Lipinski definition) is 3. The highest BCUT2D eigenvalue weighted by Crippen LogP contribution is 1.92. The van der Waals surface area contributed by atoms with Gasteiger partial charge < -0.3 is 4.72 Å². The Morgan fingerprint density at radius 2 is 2.56 bits per heavy atom. The van der Waals surface area contributed by atoms with E-state index in [2.05, 4.69) is 27.9 Å². The Hall–Kier alpha value is -0.350. The molecule has 0 aromatic carbocycles. The number of rotatable bonds is 4. The monoisotopic (exact) mass is 160 g/mol. The van der Waals surface area contributed by atoms with E-state index in [4.69, 9.17) is 0 Å². The number of nitrogens with zero attached hydrogens (tertiary/aromatic N) is 1. The molecule has 0 aromatic rings. The second-order valence-electron chi connectivity index (χ2n) is 1.41. The lowest BCUT2D eigenvalue weighted by Gasteiger charge is -1.86. The van der Waals surface area contributed by atoms with Gasteiger partial charge in [0, 0.05) is 6.21 Å². The topological polar surface area (TPSA) is 24.4 Å². The third-order valence-corrected chi connectivity index (χ3v) is 1.13. The van der Waals surface area contributed by atoms with Gasteiger partial charge in [0.15, 0.2) is 0 Å². The Kier molecular flexibility index (Phi) is 5.56. The summed E-state index contributed by atoms with van der Waals surface area (Å²) in [4.78, 5) is 0. The lowest BCUT2D eigenvalue weighted by Crippen LogP contribution is -1.92. The molecule has 0 aliphatic heterocycles. The van der Waals surface area contributed by atoms with Gasteiger partial charge in [-0.05, 0) is 12.5 Å². The van der Waals surface area contributed by atoms with Crippen LogP contribution >= 0.6 is 24.4 Å². The van der Waals surface area contributed by atoms with Gasteiger partial charge >= 0.3 is 0 Å². The van der Waals surface area contributed by atoms with Gasteiger partial charge in [0.1, 0.15) is 0 Å². The molecule has 0 bridgehead atoms. The zero-order valence-corrected chi connectivity index (χ0v) is 6.76. The second-order valence-corrected chi connectivity index (χ2v) is 2.27. The normalized spacial score (nSPS) is 9.44. The molecular formula is C5H8N2S2. The molecule has 0 aliphatic carbocycles. The fourth-order valence-corrected chi connectivity index (χ4v) is 0.634. The van der Waals surface area contributed by atoms with Crippen LogP contribution in [0.25, 0.3) is 0 Å². The molecule has 0 radical (unpaired) electrons. The summed E-state index contributed by atoms with van der Waals surface area (Å²) in [5, 5.41) is 0. The second kappa shape index (κ2) is 5.78. The van der Waals surface area contributed by atoms with Crippen LogP contribution in [-0.2, 0) is 0 Å². The van der Waals surface area contributed by atoms with E-state index >= 15 is 0 Å². The van der Waals surface area contributed by atoms with Crippen LogP contribution < -0.4 is 4.72 Å². The molecule has 50 valence electrons. The van der Waals surface area contributed by atoms with Crippen molar-refractivity contribution in [3.8, 4) is 0 Å². The van der Waals surface area contributed by atoms with E-state index < -0.39 is 0 Å². The van der Waals surface area contributed by atoms with Gasteiger partial charge in [-0.2, -0.15) is 0 Å². The predicted molar refractivity (Wildman–Crippen MR) is 47.7 cm³/mol. The molecule has 0 saturated heterocycles. The molecule has 0 rings (SSSR count). The fraction of sp³-hybridized carbons (Fsp3) is 0.200. The molecule has 9 heavy (non-hydrogen) atoms. The molecule has 0 saturated carbocycles. The Bertz CT molecular complexity index is 131. The van der Waals surface area contributed by atoms with E-state index in [1.165, 1.54) is 17.6 Å². The first-order valence-electron chi connectivity index (χ1n) is 2.31. The maximum Gasteiger partial charge on any atom is 0.0902 e. The van der Waals surface area contributed by atoms with Gasteiger partial charge in [0.2, 0.25) is 0 Å². The zero-order valence-electron chi connectivity index (χ0n) is 5.13. The molecule has 0 aliphatic rings. The van der Waals surface area contributed by atoms with E-state index in [1.807, 2.05) is 6.92 Å². The van der Waals surface area contributed by atoms with Crippen molar-refractivity contribution in [3.63, 3.8) is 0 Å². The molecular weight excluding hydrogens is 152 g/mol. The van der Waals surface area contributed by atoms with Crippen LogP contribution in [0.15, 0.2) is 16.5 Å². The van der Waals surface area contributed by atoms with Crippen LogP contribution in [0, 0.1) is 0 Å². The van der Waals surface area contributed by atoms with Gasteiger partial charge in [0.05, 0.1) is 17.6 Å². The van der Waals surface area contributed by atoms with Crippen molar-refractivity contribution >= 4 is 36.1 Å². The van der Waals surface area contributed by atoms with Crippen molar-refractivity contribution in [1.82, 2.24) is 4.72 Å². The van der Waals surface area contributed by atoms with E-state index in [1.54, 1.807) is 6.21 Å². The lowest BCUT2D eigenvalue weighted by atomic mass is 10.4. The highest BCUT2D eigenvalue weighted by molar-refractivity contribution is 7.97. The largest absolute Gasteiger partial charge is 0.307 e. The summed E-state index contributed by atoms with van der Waals surface area (Å²) in [5.41, 5.74) is 2.33. The Labute approximate surface area is 64.7 Å². The average molecular weight is 160 g/mol. The van der Waals surface area contributed by atoms with Crippen LogP contribution in [-0.4, -0.2) is 11.7 Å². The van der Waals surface area contributed by atoms with Crippen molar-refractivity contribution < 1.29 is 0 Å². The first-order chi connectivity index (χ1) is 4.27. The summed E-state index contributed by atoms with van der Waals surface area (Å²) in [5.74, 6) is 0. The summed E-state index contributed by atoms with van der Waals surface area (Å²) >= 11 is 5.66. The number of allylic oxidation sites excluding steroid dienone is 1. The summed E-state index contributed by atoms with van der Waals surface area (Å²) in [6.07, 6.45) is 1.66. The molecule has 1 N–H and O–H groups in total. The standard InChI is InChI=1S/C5H8N2S2/c1-5(2)3-6-9-7-4-8/h3-4H,1H2,2H3,(H,7,8). The minimum atomic E-state index is 0.925. The molecule has 0 atom stereocenters. The number of thiocarbonyl (C=S) groups is 1. The maximum absolute atomic E-state index is 4.48. The molecule has 0 unspecified atom stereocenters. The zero-order chi connectivity index (χ0) is 7.11. The minimum Gasteiger partial charge on any atom is -0.307 e. The first kappa shape index (κ1) is 8.65. The van der Waals surface area contributed by atoms with E-state index in [0.29, 0.717) is 0 Å². The lowest BCUT2D eigenvalue weighted by molar-refractivity contribution is 1.61. The third kappa shape index (κ3) is 7.65. The van der Waals surface area contributed by atoms with Crippen LogP contribution in [0.5, 0.6) is 0 Å². The Morgan fingerprint density at radius 1 is 1.89 bits per heavy atom. The van der Waals surface area contributed by atoms with Gasteiger partial charge in [-0.1, -0.05) is 18.8 Å². The quantitative estimate of drug-likeness (QED) is 0.293. The molecule has 0 aromatic heterocycles. The molecule has 0 heterocycles. The summed E-state index contributed by atoms with van der Waals surface area (Å²) in [6, 6.07) is 0. The summed E-state index contributed by atoms with van der Waals surface area (Å²) in [7, 11) is 0. The molecule has 2 nitrogen and oxygen atoms in total. The van der Waals surface area contributed by atoms with Gasteiger partial charge in [-0.15, -0.1) is 0 Å². The van der Waals surface area contributed by atoms with Crippen molar-refractivity contribution in [2.24, 2.45) is 4.40 Å². The van der Waals surface area contributed by atoms with Crippen molar-refractivity contribution in [2.45, 2.75) is 6.92 Å². The summed E-state index contributed by atoms with van der Waals surface area (Å²) < 4.78 is 6.51. The highest BCUT2D eigenvalue weighted by atomic mass is 32.2. The van der Waals surface area contributed by atoms with E-state index in [-0.39, 0.29) is 0 Å². The van der Waals surface area contributed by atoms with Gasteiger partial charge in [-0.3, -0.25) is 0 Å². The van der Waals surface area contributed by atoms with E-state index in [0.717, 1.165) is 5.57 Å². The van der Waals surface area contributed by atoms with Crippen molar-refractivity contribution in [2.75, 3.05) is 0 Å². The van der Waals surface area contributed by atoms with Crippen LogP contribution in [0.1, 0.15) is 6.92 Å². The third-order valence-electron chi connectivity index (χ3n) is 0.427. The highest BCUT2D eigenvalue weighted by Gasteiger charge is 1.74. The van der Waals surface area contributed by atoms with Crippen LogP contribution in [0.2, 0.25) is 0 Å². The molecule has 0 spiro atoms. The Morgan fingerprint density at radius 3 is 3.00 bits per heavy atom. The van der Waals surface area contributed by atoms with Crippen molar-refractivity contribution in [3.05, 3.63) is 12.2 Å². The minimum absolute atomic E-state index is 0.925. The predicted octanol–water partition coefficient (Wildman–Crippen LogP) is 1.74. The Balaban J connectivity index is 3.24. The first-order valence-corrected chi connectivity index (χ1v) is 3.56. The maximum atomic E-state index is 4.48. The summed E-state index contributed by atoms with van der Waals surface area (Å²) in [6.45, 7) is 5.50. The fourth-order valence-electron chi connectivity index (χ4n) is 0.168. The van der Waals surface area contributed by atoms with Gasteiger partial charge in [-0.25, -0.2) is 4.40 Å². The van der Waals surface area contributed by atoms with Crippen LogP contribution in [0.3, 0.4) is 0 Å². The SMILES string of the molecule is C=C(C)C=NSNC=S. The number of nitrogens with one attached hydrogen (secondary N) is 1. The smallest absolute Gasteiger partial charge is 0.0902 e. The van der Waals surface area contributed by atoms with Crippen molar-refractivity contribution in [1.29, 1.82) is 0 Å². The average Bonchev–Trinajstić information content (AvgIpc) is 1.80. The molecule has 0 fully saturated rings.